The Morgan fingerprint density at radius 2 is 1.79 bits per heavy atom. The maximum atomic E-state index is 9.26. The summed E-state index contributed by atoms with van der Waals surface area (Å²) in [5, 5.41) is 13.0. The van der Waals surface area contributed by atoms with Crippen LogP contribution in [0.2, 0.25) is 0 Å². The summed E-state index contributed by atoms with van der Waals surface area (Å²) >= 11 is 0. The van der Waals surface area contributed by atoms with Gasteiger partial charge in [0.25, 0.3) is 0 Å². The first-order chi connectivity index (χ1) is 11.8. The third kappa shape index (κ3) is 4.60. The molecule has 0 fully saturated rings. The van der Waals surface area contributed by atoms with E-state index < -0.39 is 0 Å². The molecule has 0 spiro atoms. The monoisotopic (exact) mass is 322 g/mol. The van der Waals surface area contributed by atoms with Crippen molar-refractivity contribution in [1.82, 2.24) is 0 Å². The molecule has 2 rings (SSSR count). The van der Waals surface area contributed by atoms with Gasteiger partial charge in [-0.05, 0) is 30.0 Å². The van der Waals surface area contributed by atoms with Crippen LogP contribution >= 0.6 is 0 Å². The molecule has 2 aromatic rings. The van der Waals surface area contributed by atoms with Gasteiger partial charge in [0.1, 0.15) is 25.5 Å². The molecule has 0 aliphatic carbocycles. The predicted octanol–water partition coefficient (Wildman–Crippen LogP) is 4.48. The molecule has 0 unspecified atom stereocenters. The first kappa shape index (κ1) is 17.6. The van der Waals surface area contributed by atoms with Gasteiger partial charge in [-0.25, -0.2) is 0 Å². The Bertz CT molecular complexity index is 732. The number of nitrogens with zero attached hydrogens (tertiary/aromatic N) is 2. The van der Waals surface area contributed by atoms with Gasteiger partial charge in [-0.2, -0.15) is 5.26 Å². The van der Waals surface area contributed by atoms with Crippen molar-refractivity contribution in [3.63, 3.8) is 0 Å². The Hall–Kier alpha value is -2.80. The van der Waals surface area contributed by atoms with Crippen LogP contribution in [0.5, 0.6) is 5.75 Å². The first-order valence-electron chi connectivity index (χ1n) is 8.10. The molecule has 0 aromatic heterocycles. The molecular formula is C20H22N2O2. The van der Waals surface area contributed by atoms with E-state index in [1.807, 2.05) is 42.5 Å². The summed E-state index contributed by atoms with van der Waals surface area (Å²) in [6, 6.07) is 17.7. The summed E-state index contributed by atoms with van der Waals surface area (Å²) in [6.07, 6.45) is 3.29. The molecule has 4 heteroatoms. The van der Waals surface area contributed by atoms with Crippen molar-refractivity contribution in [2.24, 2.45) is 5.16 Å². The Kier molecular flexibility index (Phi) is 6.85. The van der Waals surface area contributed by atoms with Crippen LogP contribution in [-0.2, 0) is 17.9 Å². The van der Waals surface area contributed by atoms with E-state index in [0.717, 1.165) is 36.1 Å². The van der Waals surface area contributed by atoms with Gasteiger partial charge in [0.15, 0.2) is 5.71 Å². The predicted molar refractivity (Wildman–Crippen MR) is 95.0 cm³/mol. The number of aryl methyl sites for hydroxylation is 1. The van der Waals surface area contributed by atoms with Crippen molar-refractivity contribution in [2.45, 2.75) is 32.8 Å². The van der Waals surface area contributed by atoms with Crippen LogP contribution in [0.25, 0.3) is 0 Å². The van der Waals surface area contributed by atoms with Gasteiger partial charge in [-0.3, -0.25) is 0 Å². The lowest BCUT2D eigenvalue weighted by molar-refractivity contribution is 0.214. The Morgan fingerprint density at radius 1 is 1.08 bits per heavy atom. The van der Waals surface area contributed by atoms with E-state index in [0.29, 0.717) is 6.61 Å². The number of hydrogen-bond acceptors (Lipinski definition) is 4. The number of para-hydroxylation sites is 1. The second-order valence-electron chi connectivity index (χ2n) is 5.39. The highest BCUT2D eigenvalue weighted by Crippen LogP contribution is 2.22. The van der Waals surface area contributed by atoms with Crippen LogP contribution in [0.1, 0.15) is 36.5 Å². The molecule has 0 radical (unpaired) electrons. The lowest BCUT2D eigenvalue weighted by atomic mass is 10.0. The molecule has 0 atom stereocenters. The first-order valence-corrected chi connectivity index (χ1v) is 8.10. The van der Waals surface area contributed by atoms with Crippen molar-refractivity contribution in [3.05, 3.63) is 65.2 Å². The maximum absolute atomic E-state index is 9.26. The lowest BCUT2D eigenvalue weighted by Gasteiger charge is -2.13. The van der Waals surface area contributed by atoms with Crippen molar-refractivity contribution in [3.8, 4) is 11.8 Å². The van der Waals surface area contributed by atoms with Crippen molar-refractivity contribution >= 4 is 5.71 Å². The minimum Gasteiger partial charge on any atom is -0.489 e. The van der Waals surface area contributed by atoms with Gasteiger partial charge in [0.05, 0.1) is 0 Å². The fraction of sp³-hybridized carbons (Fsp3) is 0.300. The summed E-state index contributed by atoms with van der Waals surface area (Å²) < 4.78 is 6.03. The van der Waals surface area contributed by atoms with E-state index in [1.54, 1.807) is 0 Å². The third-order valence-corrected chi connectivity index (χ3v) is 3.72. The van der Waals surface area contributed by atoms with Crippen LogP contribution in [0.4, 0.5) is 0 Å². The van der Waals surface area contributed by atoms with Gasteiger partial charge in [-0.1, -0.05) is 61.0 Å². The van der Waals surface area contributed by atoms with Crippen LogP contribution in [-0.4, -0.2) is 12.8 Å². The molecule has 24 heavy (non-hydrogen) atoms. The largest absolute Gasteiger partial charge is 0.489 e. The molecule has 0 saturated carbocycles. The Labute approximate surface area is 143 Å². The molecule has 0 heterocycles. The fourth-order valence-electron chi connectivity index (χ4n) is 2.47. The highest BCUT2D eigenvalue weighted by Gasteiger charge is 2.11. The zero-order chi connectivity index (χ0) is 17.2. The van der Waals surface area contributed by atoms with Crippen molar-refractivity contribution < 1.29 is 9.57 Å². The molecule has 0 amide bonds. The zero-order valence-electron chi connectivity index (χ0n) is 14.2. The number of hydrogen-bond donors (Lipinski definition) is 0. The highest BCUT2D eigenvalue weighted by molar-refractivity contribution is 6.12. The molecule has 0 aliphatic rings. The summed E-state index contributed by atoms with van der Waals surface area (Å²) in [5.74, 6) is 0.892. The van der Waals surface area contributed by atoms with Crippen LogP contribution < -0.4 is 4.74 Å². The van der Waals surface area contributed by atoms with Gasteiger partial charge in [-0.15, -0.1) is 0 Å². The van der Waals surface area contributed by atoms with Crippen LogP contribution in [0, 0.1) is 11.3 Å². The Morgan fingerprint density at radius 3 is 2.50 bits per heavy atom. The van der Waals surface area contributed by atoms with E-state index in [9.17, 15) is 5.26 Å². The minimum absolute atomic E-state index is 0.246. The summed E-state index contributed by atoms with van der Waals surface area (Å²) in [4.78, 5) is 4.76. The maximum Gasteiger partial charge on any atom is 0.187 e. The van der Waals surface area contributed by atoms with E-state index in [-0.39, 0.29) is 5.71 Å². The molecule has 0 N–H and O–H groups in total. The quantitative estimate of drug-likeness (QED) is 0.532. The van der Waals surface area contributed by atoms with Crippen LogP contribution in [0.3, 0.4) is 0 Å². The standard InChI is InChI=1S/C20H22N2O2/c1-3-4-9-16-10-6-8-13-20(16)24-15-17-11-5-7-12-18(17)19(14-21)22-23-2/h5-8,10-13H,3-4,9,15H2,1-2H3. The van der Waals surface area contributed by atoms with Gasteiger partial charge >= 0.3 is 0 Å². The van der Waals surface area contributed by atoms with Gasteiger partial charge < -0.3 is 9.57 Å². The van der Waals surface area contributed by atoms with Crippen molar-refractivity contribution in [2.75, 3.05) is 7.11 Å². The minimum atomic E-state index is 0.246. The average Bonchev–Trinajstić information content (AvgIpc) is 2.63. The van der Waals surface area contributed by atoms with E-state index in [4.69, 9.17) is 9.57 Å². The van der Waals surface area contributed by atoms with Crippen LogP contribution in [0.15, 0.2) is 53.7 Å². The number of nitriles is 1. The van der Waals surface area contributed by atoms with Gasteiger partial charge in [0, 0.05) is 5.56 Å². The highest BCUT2D eigenvalue weighted by atomic mass is 16.6. The van der Waals surface area contributed by atoms with E-state index in [2.05, 4.69) is 24.2 Å². The third-order valence-electron chi connectivity index (χ3n) is 3.72. The molecule has 124 valence electrons. The molecule has 0 saturated heterocycles. The number of unbranched alkanes of at least 4 members (excludes halogenated alkanes) is 1. The molecule has 0 bridgehead atoms. The summed E-state index contributed by atoms with van der Waals surface area (Å²) in [5.41, 5.74) is 3.09. The molecule has 4 nitrogen and oxygen atoms in total. The van der Waals surface area contributed by atoms with E-state index in [1.165, 1.54) is 12.7 Å². The van der Waals surface area contributed by atoms with Gasteiger partial charge in [0.2, 0.25) is 0 Å². The number of benzene rings is 2. The summed E-state index contributed by atoms with van der Waals surface area (Å²) in [7, 11) is 1.43. The zero-order valence-corrected chi connectivity index (χ0v) is 14.2. The SMILES string of the molecule is CCCCc1ccccc1OCc1ccccc1C(C#N)=NOC. The summed E-state index contributed by atoms with van der Waals surface area (Å²) in [6.45, 7) is 2.56. The number of ether oxygens (including phenoxy) is 1. The average molecular weight is 322 g/mol. The lowest BCUT2D eigenvalue weighted by Crippen LogP contribution is -2.07. The van der Waals surface area contributed by atoms with Crippen molar-refractivity contribution in [1.29, 1.82) is 5.26 Å². The Balaban J connectivity index is 2.19. The topological polar surface area (TPSA) is 54.6 Å². The number of oxime groups is 1. The fourth-order valence-corrected chi connectivity index (χ4v) is 2.47. The normalized spacial score (nSPS) is 11.0. The second kappa shape index (κ2) is 9.36. The molecular weight excluding hydrogens is 300 g/mol. The number of rotatable bonds is 8. The molecule has 0 aliphatic heterocycles. The van der Waals surface area contributed by atoms with E-state index >= 15 is 0 Å². The smallest absolute Gasteiger partial charge is 0.187 e. The molecule has 2 aromatic carbocycles. The second-order valence-corrected chi connectivity index (χ2v) is 5.39.